The highest BCUT2D eigenvalue weighted by atomic mass is 79.9. The molecule has 1 N–H and O–H groups in total. The molecule has 0 bridgehead atoms. The minimum atomic E-state index is 0.0218. The molecule has 0 spiro atoms. The van der Waals surface area contributed by atoms with Crippen molar-refractivity contribution in [3.8, 4) is 5.75 Å². The van der Waals surface area contributed by atoms with Crippen molar-refractivity contribution in [1.29, 1.82) is 0 Å². The average Bonchev–Trinajstić information content (AvgIpc) is 3.40. The molecule has 0 unspecified atom stereocenters. The van der Waals surface area contributed by atoms with Gasteiger partial charge in [0.15, 0.2) is 0 Å². The van der Waals surface area contributed by atoms with E-state index >= 15 is 0 Å². The van der Waals surface area contributed by atoms with E-state index < -0.39 is 0 Å². The number of amides is 1. The molecule has 3 rings (SSSR count). The van der Waals surface area contributed by atoms with Crippen molar-refractivity contribution in [3.63, 3.8) is 0 Å². The van der Waals surface area contributed by atoms with Gasteiger partial charge in [-0.05, 0) is 48.7 Å². The van der Waals surface area contributed by atoms with Gasteiger partial charge in [-0.3, -0.25) is 9.69 Å². The van der Waals surface area contributed by atoms with E-state index in [0.29, 0.717) is 12.6 Å². The van der Waals surface area contributed by atoms with Crippen LogP contribution in [-0.2, 0) is 11.3 Å². The zero-order valence-corrected chi connectivity index (χ0v) is 15.3. The van der Waals surface area contributed by atoms with Crippen molar-refractivity contribution in [2.45, 2.75) is 25.4 Å². The first-order chi connectivity index (χ1) is 11.6. The van der Waals surface area contributed by atoms with E-state index in [2.05, 4.69) is 38.3 Å². The number of halogens is 1. The van der Waals surface area contributed by atoms with Crippen molar-refractivity contribution in [2.24, 2.45) is 0 Å². The number of hydrogen-bond donors (Lipinski definition) is 1. The van der Waals surface area contributed by atoms with E-state index in [4.69, 9.17) is 4.74 Å². The van der Waals surface area contributed by atoms with Gasteiger partial charge in [0, 0.05) is 22.7 Å². The minimum absolute atomic E-state index is 0.0218. The number of methoxy groups -OCH3 is 1. The number of ether oxygens (including phenoxy) is 1. The highest BCUT2D eigenvalue weighted by molar-refractivity contribution is 9.10. The topological polar surface area (TPSA) is 41.6 Å². The summed E-state index contributed by atoms with van der Waals surface area (Å²) in [7, 11) is 1.66. The third-order valence-electron chi connectivity index (χ3n) is 4.06. The third kappa shape index (κ3) is 4.82. The van der Waals surface area contributed by atoms with Crippen LogP contribution >= 0.6 is 15.9 Å². The Morgan fingerprint density at radius 1 is 1.25 bits per heavy atom. The summed E-state index contributed by atoms with van der Waals surface area (Å²) < 4.78 is 6.15. The second-order valence-corrected chi connectivity index (χ2v) is 6.96. The summed E-state index contributed by atoms with van der Waals surface area (Å²) in [4.78, 5) is 14.6. The van der Waals surface area contributed by atoms with E-state index in [9.17, 15) is 4.79 Å². The van der Waals surface area contributed by atoms with Crippen LogP contribution in [0.25, 0.3) is 0 Å². The van der Waals surface area contributed by atoms with Gasteiger partial charge in [0.2, 0.25) is 5.91 Å². The number of rotatable bonds is 7. The summed E-state index contributed by atoms with van der Waals surface area (Å²) in [6.07, 6.45) is 2.33. The molecule has 1 aliphatic carbocycles. The van der Waals surface area contributed by atoms with E-state index in [1.54, 1.807) is 7.11 Å². The average molecular weight is 389 g/mol. The molecule has 0 atom stereocenters. The normalized spacial score (nSPS) is 13.8. The highest BCUT2D eigenvalue weighted by Crippen LogP contribution is 2.28. The smallest absolute Gasteiger partial charge is 0.238 e. The van der Waals surface area contributed by atoms with Crippen LogP contribution in [0.4, 0.5) is 5.69 Å². The van der Waals surface area contributed by atoms with Gasteiger partial charge in [0.1, 0.15) is 5.75 Å². The maximum absolute atomic E-state index is 12.4. The van der Waals surface area contributed by atoms with Gasteiger partial charge in [0.25, 0.3) is 0 Å². The Morgan fingerprint density at radius 3 is 2.62 bits per heavy atom. The number of benzene rings is 2. The Kier molecular flexibility index (Phi) is 5.53. The summed E-state index contributed by atoms with van der Waals surface area (Å²) >= 11 is 3.42. The highest BCUT2D eigenvalue weighted by Gasteiger charge is 2.30. The first-order valence-electron chi connectivity index (χ1n) is 8.06. The van der Waals surface area contributed by atoms with Crippen LogP contribution in [0.5, 0.6) is 5.75 Å². The monoisotopic (exact) mass is 388 g/mol. The van der Waals surface area contributed by atoms with Crippen molar-refractivity contribution < 1.29 is 9.53 Å². The van der Waals surface area contributed by atoms with Crippen LogP contribution < -0.4 is 10.1 Å². The molecule has 0 radical (unpaired) electrons. The van der Waals surface area contributed by atoms with Crippen molar-refractivity contribution in [3.05, 3.63) is 58.6 Å². The van der Waals surface area contributed by atoms with Gasteiger partial charge >= 0.3 is 0 Å². The molecular weight excluding hydrogens is 368 g/mol. The molecule has 4 nitrogen and oxygen atoms in total. The van der Waals surface area contributed by atoms with E-state index in [1.165, 1.54) is 18.4 Å². The lowest BCUT2D eigenvalue weighted by molar-refractivity contribution is -0.117. The fourth-order valence-electron chi connectivity index (χ4n) is 2.67. The molecule has 1 saturated carbocycles. The molecule has 0 saturated heterocycles. The molecule has 24 heavy (non-hydrogen) atoms. The summed E-state index contributed by atoms with van der Waals surface area (Å²) in [6.45, 7) is 1.18. The van der Waals surface area contributed by atoms with E-state index in [0.717, 1.165) is 22.5 Å². The molecule has 1 amide bonds. The Hall–Kier alpha value is -1.85. The molecule has 1 aliphatic rings. The Labute approximate surface area is 150 Å². The molecule has 0 heterocycles. The Balaban J connectivity index is 1.60. The van der Waals surface area contributed by atoms with Crippen LogP contribution in [0.3, 0.4) is 0 Å². The van der Waals surface area contributed by atoms with Crippen LogP contribution in [0.2, 0.25) is 0 Å². The number of nitrogens with zero attached hydrogens (tertiary/aromatic N) is 1. The van der Waals surface area contributed by atoms with Crippen molar-refractivity contribution in [1.82, 2.24) is 4.90 Å². The Bertz CT molecular complexity index is 699. The predicted octanol–water partition coefficient (Wildman–Crippen LogP) is 4.06. The number of nitrogens with one attached hydrogen (secondary N) is 1. The second-order valence-electron chi connectivity index (χ2n) is 6.04. The maximum Gasteiger partial charge on any atom is 0.238 e. The van der Waals surface area contributed by atoms with Crippen LogP contribution in [0.1, 0.15) is 18.4 Å². The van der Waals surface area contributed by atoms with E-state index in [1.807, 2.05) is 36.4 Å². The molecule has 1 fully saturated rings. The van der Waals surface area contributed by atoms with E-state index in [-0.39, 0.29) is 5.91 Å². The van der Waals surface area contributed by atoms with Gasteiger partial charge < -0.3 is 10.1 Å². The summed E-state index contributed by atoms with van der Waals surface area (Å²) in [5.74, 6) is 0.873. The number of carbonyl (C=O) groups is 1. The molecule has 0 aromatic heterocycles. The molecule has 2 aromatic rings. The third-order valence-corrected chi connectivity index (χ3v) is 4.56. The van der Waals surface area contributed by atoms with Crippen LogP contribution in [0.15, 0.2) is 53.0 Å². The van der Waals surface area contributed by atoms with Crippen LogP contribution in [-0.4, -0.2) is 30.5 Å². The predicted molar refractivity (Wildman–Crippen MR) is 99.2 cm³/mol. The summed E-state index contributed by atoms with van der Waals surface area (Å²) in [5.41, 5.74) is 2.01. The molecule has 2 aromatic carbocycles. The lowest BCUT2D eigenvalue weighted by Crippen LogP contribution is -2.34. The van der Waals surface area contributed by atoms with Gasteiger partial charge in [-0.15, -0.1) is 0 Å². The molecule has 126 valence electrons. The number of carbonyl (C=O) groups excluding carboxylic acids is 1. The van der Waals surface area contributed by atoms with Gasteiger partial charge in [-0.1, -0.05) is 34.1 Å². The van der Waals surface area contributed by atoms with Gasteiger partial charge in [-0.25, -0.2) is 0 Å². The zero-order chi connectivity index (χ0) is 16.9. The zero-order valence-electron chi connectivity index (χ0n) is 13.7. The largest absolute Gasteiger partial charge is 0.497 e. The standard InChI is InChI=1S/C19H21BrN2O2/c1-24-18-9-5-14(6-10-18)12-22(17-7-8-17)13-19(23)21-16-4-2-3-15(20)11-16/h2-6,9-11,17H,7-8,12-13H2,1H3,(H,21,23). The number of hydrogen-bond acceptors (Lipinski definition) is 3. The SMILES string of the molecule is COc1ccc(CN(CC(=O)Nc2cccc(Br)c2)C2CC2)cc1. The van der Waals surface area contributed by atoms with Gasteiger partial charge in [0.05, 0.1) is 13.7 Å². The summed E-state index contributed by atoms with van der Waals surface area (Å²) in [5, 5.41) is 2.97. The molecule has 5 heteroatoms. The minimum Gasteiger partial charge on any atom is -0.497 e. The van der Waals surface area contributed by atoms with Crippen LogP contribution in [0, 0.1) is 0 Å². The number of anilines is 1. The maximum atomic E-state index is 12.4. The quantitative estimate of drug-likeness (QED) is 0.777. The first-order valence-corrected chi connectivity index (χ1v) is 8.86. The lowest BCUT2D eigenvalue weighted by atomic mass is 10.2. The van der Waals surface area contributed by atoms with Crippen molar-refractivity contribution in [2.75, 3.05) is 19.0 Å². The lowest BCUT2D eigenvalue weighted by Gasteiger charge is -2.21. The Morgan fingerprint density at radius 2 is 2.00 bits per heavy atom. The molecular formula is C19H21BrN2O2. The first kappa shape index (κ1) is 17.0. The second kappa shape index (κ2) is 7.81. The summed E-state index contributed by atoms with van der Waals surface area (Å²) in [6, 6.07) is 16.2. The van der Waals surface area contributed by atoms with Gasteiger partial charge in [-0.2, -0.15) is 0 Å². The molecule has 0 aliphatic heterocycles. The van der Waals surface area contributed by atoms with Crippen molar-refractivity contribution >= 4 is 27.5 Å². The fourth-order valence-corrected chi connectivity index (χ4v) is 3.07. The fraction of sp³-hybridized carbons (Fsp3) is 0.316.